The molecule has 0 atom stereocenters. The highest BCUT2D eigenvalue weighted by Crippen LogP contribution is 2.18. The Morgan fingerprint density at radius 1 is 1.00 bits per heavy atom. The maximum Gasteiger partial charge on any atom is 0.127 e. The Labute approximate surface area is 96.9 Å². The first kappa shape index (κ1) is 10.4. The van der Waals surface area contributed by atoms with Gasteiger partial charge in [-0.25, -0.2) is 4.39 Å². The Balaban J connectivity index is 2.25. The van der Waals surface area contributed by atoms with Crippen molar-refractivity contribution in [3.8, 4) is 0 Å². The standard InChI is InChI=1S/C13H10BrF/c14-12-7-6-11(13(15)9-12)8-10-4-2-1-3-5-10/h1-7,9H,8H2. The summed E-state index contributed by atoms with van der Waals surface area (Å²) in [5.74, 6) is -0.159. The van der Waals surface area contributed by atoms with Crippen molar-refractivity contribution in [3.05, 3.63) is 69.9 Å². The van der Waals surface area contributed by atoms with Crippen LogP contribution in [0.3, 0.4) is 0 Å². The van der Waals surface area contributed by atoms with E-state index in [0.29, 0.717) is 6.42 Å². The van der Waals surface area contributed by atoms with Gasteiger partial charge in [0.1, 0.15) is 5.82 Å². The normalized spacial score (nSPS) is 10.3. The highest BCUT2D eigenvalue weighted by Gasteiger charge is 2.03. The molecular weight excluding hydrogens is 255 g/mol. The lowest BCUT2D eigenvalue weighted by Crippen LogP contribution is -1.92. The molecule has 15 heavy (non-hydrogen) atoms. The zero-order valence-electron chi connectivity index (χ0n) is 8.08. The van der Waals surface area contributed by atoms with Gasteiger partial charge in [0, 0.05) is 10.9 Å². The van der Waals surface area contributed by atoms with Crippen molar-refractivity contribution in [1.29, 1.82) is 0 Å². The first-order chi connectivity index (χ1) is 7.25. The molecule has 2 heteroatoms. The Hall–Kier alpha value is -1.15. The number of benzene rings is 2. The lowest BCUT2D eigenvalue weighted by molar-refractivity contribution is 0.613. The lowest BCUT2D eigenvalue weighted by Gasteiger charge is -2.03. The van der Waals surface area contributed by atoms with E-state index in [1.165, 1.54) is 6.07 Å². The molecule has 0 fully saturated rings. The average molecular weight is 265 g/mol. The van der Waals surface area contributed by atoms with Gasteiger partial charge in [-0.3, -0.25) is 0 Å². The van der Waals surface area contributed by atoms with E-state index in [0.717, 1.165) is 15.6 Å². The molecule has 0 aliphatic carbocycles. The summed E-state index contributed by atoms with van der Waals surface area (Å²) < 4.78 is 14.3. The molecule has 0 saturated heterocycles. The van der Waals surface area contributed by atoms with Gasteiger partial charge in [-0.2, -0.15) is 0 Å². The summed E-state index contributed by atoms with van der Waals surface area (Å²) in [6.07, 6.45) is 0.639. The van der Waals surface area contributed by atoms with Crippen LogP contribution in [0.4, 0.5) is 4.39 Å². The van der Waals surface area contributed by atoms with E-state index in [1.54, 1.807) is 0 Å². The van der Waals surface area contributed by atoms with Gasteiger partial charge in [0.15, 0.2) is 0 Å². The second kappa shape index (κ2) is 4.58. The maximum absolute atomic E-state index is 13.5. The summed E-state index contributed by atoms with van der Waals surface area (Å²) in [6, 6.07) is 15.1. The maximum atomic E-state index is 13.5. The smallest absolute Gasteiger partial charge is 0.127 e. The first-order valence-electron chi connectivity index (χ1n) is 4.73. The van der Waals surface area contributed by atoms with Crippen LogP contribution < -0.4 is 0 Å². The summed E-state index contributed by atoms with van der Waals surface area (Å²) in [7, 11) is 0. The molecule has 0 amide bonds. The van der Waals surface area contributed by atoms with Gasteiger partial charge in [-0.1, -0.05) is 52.3 Å². The van der Waals surface area contributed by atoms with Crippen molar-refractivity contribution in [2.45, 2.75) is 6.42 Å². The second-order valence-corrected chi connectivity index (χ2v) is 4.31. The number of halogens is 2. The van der Waals surface area contributed by atoms with Crippen LogP contribution >= 0.6 is 15.9 Å². The zero-order chi connectivity index (χ0) is 10.7. The van der Waals surface area contributed by atoms with Crippen LogP contribution in [0.15, 0.2) is 53.0 Å². The minimum Gasteiger partial charge on any atom is -0.207 e. The van der Waals surface area contributed by atoms with E-state index in [-0.39, 0.29) is 5.82 Å². The van der Waals surface area contributed by atoms with Crippen LogP contribution in [0.5, 0.6) is 0 Å². The van der Waals surface area contributed by atoms with Gasteiger partial charge in [0.05, 0.1) is 0 Å². The molecule has 0 radical (unpaired) electrons. The third-order valence-corrected chi connectivity index (χ3v) is 2.75. The van der Waals surface area contributed by atoms with Crippen LogP contribution in [-0.4, -0.2) is 0 Å². The molecule has 0 N–H and O–H groups in total. The predicted molar refractivity (Wildman–Crippen MR) is 63.3 cm³/mol. The molecule has 2 rings (SSSR count). The van der Waals surface area contributed by atoms with Gasteiger partial charge < -0.3 is 0 Å². The SMILES string of the molecule is Fc1cc(Br)ccc1Cc1ccccc1. The molecule has 2 aromatic carbocycles. The summed E-state index contributed by atoms with van der Waals surface area (Å²) in [4.78, 5) is 0. The quantitative estimate of drug-likeness (QED) is 0.764. The monoisotopic (exact) mass is 264 g/mol. The third kappa shape index (κ3) is 2.66. The van der Waals surface area contributed by atoms with Crippen LogP contribution in [0.25, 0.3) is 0 Å². The summed E-state index contributed by atoms with van der Waals surface area (Å²) in [6.45, 7) is 0. The number of rotatable bonds is 2. The Kier molecular flexibility index (Phi) is 3.17. The van der Waals surface area contributed by atoms with Gasteiger partial charge in [0.25, 0.3) is 0 Å². The molecule has 0 unspecified atom stereocenters. The fourth-order valence-corrected chi connectivity index (χ4v) is 1.81. The minimum absolute atomic E-state index is 0.159. The molecule has 0 heterocycles. The summed E-state index contributed by atoms with van der Waals surface area (Å²) in [5.41, 5.74) is 1.85. The molecule has 76 valence electrons. The highest BCUT2D eigenvalue weighted by molar-refractivity contribution is 9.10. The van der Waals surface area contributed by atoms with E-state index in [4.69, 9.17) is 0 Å². The van der Waals surface area contributed by atoms with Crippen molar-refractivity contribution in [2.75, 3.05) is 0 Å². The number of hydrogen-bond acceptors (Lipinski definition) is 0. The Bertz CT molecular complexity index is 451. The summed E-state index contributed by atoms with van der Waals surface area (Å²) >= 11 is 3.24. The van der Waals surface area contributed by atoms with Crippen LogP contribution in [0.1, 0.15) is 11.1 Å². The fourth-order valence-electron chi connectivity index (χ4n) is 1.48. The van der Waals surface area contributed by atoms with Crippen LogP contribution in [0, 0.1) is 5.82 Å². The highest BCUT2D eigenvalue weighted by atomic mass is 79.9. The molecular formula is C13H10BrF. The number of hydrogen-bond donors (Lipinski definition) is 0. The topological polar surface area (TPSA) is 0 Å². The first-order valence-corrected chi connectivity index (χ1v) is 5.53. The molecule has 0 aliphatic rings. The van der Waals surface area contributed by atoms with Gasteiger partial charge in [-0.05, 0) is 23.3 Å². The lowest BCUT2D eigenvalue weighted by atomic mass is 10.0. The molecule has 0 spiro atoms. The van der Waals surface area contributed by atoms with Crippen LogP contribution in [0.2, 0.25) is 0 Å². The largest absolute Gasteiger partial charge is 0.207 e. The van der Waals surface area contributed by atoms with Gasteiger partial charge in [-0.15, -0.1) is 0 Å². The zero-order valence-corrected chi connectivity index (χ0v) is 9.67. The average Bonchev–Trinajstić information content (AvgIpc) is 2.24. The molecule has 0 aliphatic heterocycles. The molecule has 0 nitrogen and oxygen atoms in total. The van der Waals surface area contributed by atoms with E-state index < -0.39 is 0 Å². The molecule has 0 saturated carbocycles. The van der Waals surface area contributed by atoms with E-state index >= 15 is 0 Å². The van der Waals surface area contributed by atoms with Crippen molar-refractivity contribution in [3.63, 3.8) is 0 Å². The predicted octanol–water partition coefficient (Wildman–Crippen LogP) is 4.18. The van der Waals surface area contributed by atoms with E-state index in [2.05, 4.69) is 15.9 Å². The van der Waals surface area contributed by atoms with Crippen molar-refractivity contribution in [1.82, 2.24) is 0 Å². The molecule has 0 aromatic heterocycles. The summed E-state index contributed by atoms with van der Waals surface area (Å²) in [5, 5.41) is 0. The van der Waals surface area contributed by atoms with E-state index in [1.807, 2.05) is 42.5 Å². The van der Waals surface area contributed by atoms with E-state index in [9.17, 15) is 4.39 Å². The molecule has 0 bridgehead atoms. The third-order valence-electron chi connectivity index (χ3n) is 2.25. The second-order valence-electron chi connectivity index (χ2n) is 3.40. The van der Waals surface area contributed by atoms with Crippen molar-refractivity contribution >= 4 is 15.9 Å². The fraction of sp³-hybridized carbons (Fsp3) is 0.0769. The Morgan fingerprint density at radius 2 is 1.73 bits per heavy atom. The minimum atomic E-state index is -0.159. The Morgan fingerprint density at radius 3 is 2.40 bits per heavy atom. The van der Waals surface area contributed by atoms with Crippen molar-refractivity contribution < 1.29 is 4.39 Å². The molecule has 2 aromatic rings. The van der Waals surface area contributed by atoms with Gasteiger partial charge >= 0.3 is 0 Å². The van der Waals surface area contributed by atoms with Gasteiger partial charge in [0.2, 0.25) is 0 Å². The van der Waals surface area contributed by atoms with Crippen LogP contribution in [-0.2, 0) is 6.42 Å². The van der Waals surface area contributed by atoms with Crippen molar-refractivity contribution in [2.24, 2.45) is 0 Å².